The summed E-state index contributed by atoms with van der Waals surface area (Å²) in [6.45, 7) is 0.475. The minimum absolute atomic E-state index is 0.00848. The van der Waals surface area contributed by atoms with Crippen molar-refractivity contribution in [2.24, 2.45) is 0 Å². The second-order valence-corrected chi connectivity index (χ2v) is 7.00. The average Bonchev–Trinajstić information content (AvgIpc) is 3.21. The third kappa shape index (κ3) is 4.83. The molecule has 0 aliphatic carbocycles. The van der Waals surface area contributed by atoms with Crippen LogP contribution in [-0.4, -0.2) is 53.0 Å². The zero-order valence-electron chi connectivity index (χ0n) is 16.0. The Morgan fingerprint density at radius 1 is 1.11 bits per heavy atom. The number of aromatic nitrogens is 3. The SMILES string of the molecule is COc1ccc(CN(C)C(=O)CSc2n[nH]c(-c3ccccc3)n2)cc1OC. The second-order valence-electron chi connectivity index (χ2n) is 6.06. The maximum atomic E-state index is 12.5. The molecular weight excluding hydrogens is 376 g/mol. The minimum Gasteiger partial charge on any atom is -0.493 e. The van der Waals surface area contributed by atoms with E-state index in [0.717, 1.165) is 11.1 Å². The Morgan fingerprint density at radius 3 is 2.57 bits per heavy atom. The minimum atomic E-state index is -0.00848. The number of ether oxygens (including phenoxy) is 2. The third-order valence-corrected chi connectivity index (χ3v) is 4.96. The molecular formula is C20H22N4O3S. The van der Waals surface area contributed by atoms with Gasteiger partial charge < -0.3 is 14.4 Å². The van der Waals surface area contributed by atoms with Gasteiger partial charge in [0.25, 0.3) is 0 Å². The van der Waals surface area contributed by atoms with Gasteiger partial charge >= 0.3 is 0 Å². The van der Waals surface area contributed by atoms with Gasteiger partial charge in [-0.2, -0.15) is 0 Å². The quantitative estimate of drug-likeness (QED) is 0.587. The standard InChI is InChI=1S/C20H22N4O3S/c1-24(12-14-9-10-16(26-2)17(11-14)27-3)18(25)13-28-20-21-19(22-23-20)15-7-5-4-6-8-15/h4-11H,12-13H2,1-3H3,(H,21,22,23). The highest BCUT2D eigenvalue weighted by Gasteiger charge is 2.14. The molecule has 1 heterocycles. The first-order chi connectivity index (χ1) is 13.6. The van der Waals surface area contributed by atoms with Crippen LogP contribution < -0.4 is 9.47 Å². The zero-order valence-corrected chi connectivity index (χ0v) is 16.8. The van der Waals surface area contributed by atoms with Crippen molar-refractivity contribution in [3.8, 4) is 22.9 Å². The Hall–Kier alpha value is -3.00. The Labute approximate surface area is 168 Å². The van der Waals surface area contributed by atoms with Gasteiger partial charge in [-0.3, -0.25) is 9.89 Å². The number of nitrogens with one attached hydrogen (secondary N) is 1. The van der Waals surface area contributed by atoms with E-state index in [4.69, 9.17) is 9.47 Å². The molecule has 3 aromatic rings. The molecule has 146 valence electrons. The van der Waals surface area contributed by atoms with Crippen LogP contribution in [0.4, 0.5) is 0 Å². The lowest BCUT2D eigenvalue weighted by atomic mass is 10.2. The molecule has 1 N–H and O–H groups in total. The van der Waals surface area contributed by atoms with Crippen LogP contribution in [0.15, 0.2) is 53.7 Å². The van der Waals surface area contributed by atoms with E-state index in [1.54, 1.807) is 26.2 Å². The Kier molecular flexibility index (Phi) is 6.54. The van der Waals surface area contributed by atoms with Gasteiger partial charge in [-0.15, -0.1) is 5.10 Å². The first kappa shape index (κ1) is 19.8. The smallest absolute Gasteiger partial charge is 0.233 e. The molecule has 0 unspecified atom stereocenters. The monoisotopic (exact) mass is 398 g/mol. The number of hydrogen-bond acceptors (Lipinski definition) is 6. The van der Waals surface area contributed by atoms with Crippen molar-refractivity contribution < 1.29 is 14.3 Å². The van der Waals surface area contributed by atoms with E-state index < -0.39 is 0 Å². The molecule has 8 heteroatoms. The van der Waals surface area contributed by atoms with Crippen molar-refractivity contribution in [2.75, 3.05) is 27.0 Å². The number of amides is 1. The van der Waals surface area contributed by atoms with Gasteiger partial charge in [-0.05, 0) is 17.7 Å². The molecule has 0 radical (unpaired) electrons. The summed E-state index contributed by atoms with van der Waals surface area (Å²) in [6, 6.07) is 15.4. The molecule has 2 aromatic carbocycles. The summed E-state index contributed by atoms with van der Waals surface area (Å²) in [4.78, 5) is 18.6. The molecule has 0 bridgehead atoms. The summed E-state index contributed by atoms with van der Waals surface area (Å²) in [5, 5.41) is 7.63. The maximum absolute atomic E-state index is 12.5. The fourth-order valence-electron chi connectivity index (χ4n) is 2.61. The second kappa shape index (κ2) is 9.27. The van der Waals surface area contributed by atoms with Crippen molar-refractivity contribution in [1.29, 1.82) is 0 Å². The van der Waals surface area contributed by atoms with Gasteiger partial charge in [-0.1, -0.05) is 48.2 Å². The molecule has 1 amide bonds. The summed E-state index contributed by atoms with van der Waals surface area (Å²) in [6.07, 6.45) is 0. The van der Waals surface area contributed by atoms with Crippen LogP contribution in [-0.2, 0) is 11.3 Å². The fraction of sp³-hybridized carbons (Fsp3) is 0.250. The number of thioether (sulfide) groups is 1. The number of carbonyl (C=O) groups is 1. The van der Waals surface area contributed by atoms with Crippen molar-refractivity contribution in [3.63, 3.8) is 0 Å². The molecule has 0 atom stereocenters. The number of benzene rings is 2. The number of H-pyrrole nitrogens is 1. The molecule has 0 aliphatic heterocycles. The summed E-state index contributed by atoms with van der Waals surface area (Å²) >= 11 is 1.31. The number of methoxy groups -OCH3 is 2. The van der Waals surface area contributed by atoms with Gasteiger partial charge in [0.1, 0.15) is 0 Å². The van der Waals surface area contributed by atoms with Gasteiger partial charge in [0, 0.05) is 19.2 Å². The van der Waals surface area contributed by atoms with Crippen LogP contribution in [0.1, 0.15) is 5.56 Å². The summed E-state index contributed by atoms with van der Waals surface area (Å²) in [7, 11) is 4.96. The van der Waals surface area contributed by atoms with E-state index in [0.29, 0.717) is 29.0 Å². The average molecular weight is 398 g/mol. The fourth-order valence-corrected chi connectivity index (χ4v) is 3.35. The predicted octanol–water partition coefficient (Wildman–Crippen LogP) is 3.24. The van der Waals surface area contributed by atoms with Crippen molar-refractivity contribution in [3.05, 3.63) is 54.1 Å². The number of nitrogens with zero attached hydrogens (tertiary/aromatic N) is 3. The van der Waals surface area contributed by atoms with Crippen LogP contribution in [0.2, 0.25) is 0 Å². The largest absolute Gasteiger partial charge is 0.493 e. The van der Waals surface area contributed by atoms with Gasteiger partial charge in [0.05, 0.1) is 20.0 Å². The molecule has 0 spiro atoms. The van der Waals surface area contributed by atoms with Crippen molar-refractivity contribution >= 4 is 17.7 Å². The molecule has 3 rings (SSSR count). The number of hydrogen-bond donors (Lipinski definition) is 1. The molecule has 28 heavy (non-hydrogen) atoms. The molecule has 0 fully saturated rings. The van der Waals surface area contributed by atoms with E-state index in [9.17, 15) is 4.79 Å². The molecule has 0 saturated carbocycles. The van der Waals surface area contributed by atoms with E-state index in [1.807, 2.05) is 48.5 Å². The zero-order chi connectivity index (χ0) is 19.9. The third-order valence-electron chi connectivity index (χ3n) is 4.13. The van der Waals surface area contributed by atoms with Crippen LogP contribution >= 0.6 is 11.8 Å². The summed E-state index contributed by atoms with van der Waals surface area (Å²) < 4.78 is 10.5. The molecule has 0 aliphatic rings. The van der Waals surface area contributed by atoms with Crippen LogP contribution in [0.5, 0.6) is 11.5 Å². The highest BCUT2D eigenvalue weighted by molar-refractivity contribution is 7.99. The highest BCUT2D eigenvalue weighted by atomic mass is 32.2. The predicted molar refractivity (Wildman–Crippen MR) is 109 cm³/mol. The Morgan fingerprint density at radius 2 is 1.86 bits per heavy atom. The molecule has 1 aromatic heterocycles. The highest BCUT2D eigenvalue weighted by Crippen LogP contribution is 2.28. The first-order valence-electron chi connectivity index (χ1n) is 8.66. The van der Waals surface area contributed by atoms with E-state index in [1.165, 1.54) is 11.8 Å². The van der Waals surface area contributed by atoms with Crippen molar-refractivity contribution in [1.82, 2.24) is 20.1 Å². The molecule has 7 nitrogen and oxygen atoms in total. The lowest BCUT2D eigenvalue weighted by Gasteiger charge is -2.17. The van der Waals surface area contributed by atoms with Gasteiger partial charge in [0.15, 0.2) is 17.3 Å². The summed E-state index contributed by atoms with van der Waals surface area (Å²) in [5.41, 5.74) is 1.92. The number of carbonyl (C=O) groups excluding carboxylic acids is 1. The number of aromatic amines is 1. The first-order valence-corrected chi connectivity index (χ1v) is 9.64. The lowest BCUT2D eigenvalue weighted by Crippen LogP contribution is -2.27. The van der Waals surface area contributed by atoms with Crippen molar-refractivity contribution in [2.45, 2.75) is 11.7 Å². The topological polar surface area (TPSA) is 80.3 Å². The van der Waals surface area contributed by atoms with E-state index in [-0.39, 0.29) is 11.7 Å². The Balaban J connectivity index is 1.56. The normalized spacial score (nSPS) is 10.5. The molecule has 0 saturated heterocycles. The van der Waals surface area contributed by atoms with E-state index in [2.05, 4.69) is 15.2 Å². The summed E-state index contributed by atoms with van der Waals surface area (Å²) in [5.74, 6) is 2.25. The maximum Gasteiger partial charge on any atom is 0.233 e. The number of rotatable bonds is 8. The van der Waals surface area contributed by atoms with Gasteiger partial charge in [0.2, 0.25) is 11.1 Å². The van der Waals surface area contributed by atoms with E-state index >= 15 is 0 Å². The van der Waals surface area contributed by atoms with Crippen LogP contribution in [0.25, 0.3) is 11.4 Å². The lowest BCUT2D eigenvalue weighted by molar-refractivity contribution is -0.127. The van der Waals surface area contributed by atoms with Gasteiger partial charge in [-0.25, -0.2) is 4.98 Å². The Bertz CT molecular complexity index is 930. The van der Waals surface area contributed by atoms with Crippen LogP contribution in [0, 0.1) is 0 Å². The van der Waals surface area contributed by atoms with Crippen LogP contribution in [0.3, 0.4) is 0 Å².